The summed E-state index contributed by atoms with van der Waals surface area (Å²) in [4.78, 5) is 68.7. The molecule has 13 rings (SSSR count). The van der Waals surface area contributed by atoms with Crippen LogP contribution in [-0.4, -0.2) is 156 Å². The van der Waals surface area contributed by atoms with Gasteiger partial charge in [0.05, 0.1) is 41.3 Å². The van der Waals surface area contributed by atoms with Gasteiger partial charge in [0, 0.05) is 81.1 Å². The molecule has 6 atom stereocenters. The fourth-order valence-corrected chi connectivity index (χ4v) is 15.1. The molecule has 7 heterocycles. The first-order valence-electron chi connectivity index (χ1n) is 38.1. The number of ether oxygens (including phenoxy) is 3. The Bertz CT molecular complexity index is 3700. The van der Waals surface area contributed by atoms with Crippen LogP contribution in [0.4, 0.5) is 0 Å². The van der Waals surface area contributed by atoms with Gasteiger partial charge in [0.1, 0.15) is 36.9 Å². The highest BCUT2D eigenvalue weighted by molar-refractivity contribution is 5.86. The van der Waals surface area contributed by atoms with Crippen LogP contribution >= 0.6 is 0 Å². The van der Waals surface area contributed by atoms with Gasteiger partial charge in [-0.15, -0.1) is 0 Å². The molecule has 4 unspecified atom stereocenters. The van der Waals surface area contributed by atoms with Gasteiger partial charge in [0.25, 0.3) is 0 Å². The zero-order chi connectivity index (χ0) is 70.3. The molecule has 4 N–H and O–H groups in total. The number of likely N-dealkylation sites (tertiary alicyclic amines) is 3. The standard InChI is InChI=1S/C43H54N4O4.C31H43N3O2.C12H11NO2.CH4/c48-38(32-51-41-25-9-24-40-39(41)23-10-26-44-40)31-46-27-11-20-36(29-46)43(50)47-28-12-19-35(30-47)42(49)45-37(21-7-17-33-13-3-1-4-14-33)22-8-18-34-15-5-2-6-16-34;35-30(28-18-10-22-34(24-28)31(36)27-17-9-21-32-23-27)33-29(19-7-15-25-11-3-1-4-12-25)20-8-16-26-13-5-2-6-14-26;1-4-11-10(3-2-6-13-11)12(5-1)15-8-9-7-14-9;/h1-6,9-10,13-16,23-26,35-38,48H,7-8,11-12,17-22,27-32H2,(H,45,49);1-6,11-14,27-29,32H,7-10,15-24H2,(H,33,35);1-6,9H,7-8H2;1H4/t35?,36?,38-;;9-;/m1.1./s1. The molecule has 548 valence electrons. The number of aliphatic hydroxyl groups excluding tert-OH is 1. The predicted molar refractivity (Wildman–Crippen MR) is 412 cm³/mol. The van der Waals surface area contributed by atoms with Crippen molar-refractivity contribution in [3.8, 4) is 11.5 Å². The number of hydrogen-bond donors (Lipinski definition) is 4. The summed E-state index contributed by atoms with van der Waals surface area (Å²) in [7, 11) is 0. The number of benzene rings is 6. The monoisotopic (exact) mass is 1400 g/mol. The third-order valence-electron chi connectivity index (χ3n) is 20.8. The van der Waals surface area contributed by atoms with Crippen molar-refractivity contribution in [3.05, 3.63) is 217 Å². The van der Waals surface area contributed by atoms with E-state index in [0.717, 1.165) is 189 Å². The lowest BCUT2D eigenvalue weighted by Crippen LogP contribution is -2.51. The maximum Gasteiger partial charge on any atom is 0.226 e. The van der Waals surface area contributed by atoms with Crippen LogP contribution in [0.25, 0.3) is 21.8 Å². The van der Waals surface area contributed by atoms with Gasteiger partial charge in [-0.05, 0) is 212 Å². The van der Waals surface area contributed by atoms with Crippen molar-refractivity contribution in [1.82, 2.24) is 40.6 Å². The van der Waals surface area contributed by atoms with Crippen LogP contribution in [0.3, 0.4) is 0 Å². The zero-order valence-electron chi connectivity index (χ0n) is 59.8. The SMILES string of the molecule is C.O=C(NC(CCCc1ccccc1)CCCc1ccccc1)C1CCCN(C(=O)C2CCCN(C[C@@H](O)COc3cccc4ncccc34)C2)C1.O=C(NC(CCCc1ccccc1)CCCc1ccccc1)C1CCCN(C(=O)C2CCCNC2)C1.c1cc(OC[C@H]2CO2)c2cccnc2c1. The summed E-state index contributed by atoms with van der Waals surface area (Å²) in [6, 6.07) is 62.1. The van der Waals surface area contributed by atoms with E-state index in [0.29, 0.717) is 45.1 Å². The molecule has 8 aromatic rings. The number of fused-ring (bicyclic) bond motifs is 2. The minimum absolute atomic E-state index is 0. The van der Waals surface area contributed by atoms with E-state index >= 15 is 0 Å². The molecule has 0 saturated carbocycles. The molecule has 2 aromatic heterocycles. The molecule has 0 radical (unpaired) electrons. The number of carbonyl (C=O) groups is 4. The second-order valence-corrected chi connectivity index (χ2v) is 28.7. The molecule has 4 amide bonds. The number of aliphatic hydroxyl groups is 1. The number of hydrogen-bond acceptors (Lipinski definition) is 12. The highest BCUT2D eigenvalue weighted by Crippen LogP contribution is 2.29. The number of pyridine rings is 2. The zero-order valence-corrected chi connectivity index (χ0v) is 59.8. The van der Waals surface area contributed by atoms with Crippen LogP contribution in [0.5, 0.6) is 11.5 Å². The summed E-state index contributed by atoms with van der Waals surface area (Å²) in [6.07, 6.45) is 22.5. The number of rotatable bonds is 30. The van der Waals surface area contributed by atoms with Gasteiger partial charge in [0.15, 0.2) is 0 Å². The van der Waals surface area contributed by atoms with E-state index in [4.69, 9.17) is 14.2 Å². The predicted octanol–water partition coefficient (Wildman–Crippen LogP) is 13.9. The van der Waals surface area contributed by atoms with Gasteiger partial charge in [-0.2, -0.15) is 0 Å². The van der Waals surface area contributed by atoms with Crippen molar-refractivity contribution >= 4 is 45.4 Å². The maximum atomic E-state index is 13.8. The van der Waals surface area contributed by atoms with Gasteiger partial charge in [0.2, 0.25) is 23.6 Å². The fourth-order valence-electron chi connectivity index (χ4n) is 15.1. The Hall–Kier alpha value is -8.54. The van der Waals surface area contributed by atoms with E-state index in [2.05, 4.69) is 140 Å². The molecule has 0 spiro atoms. The minimum Gasteiger partial charge on any atom is -0.490 e. The molecule has 0 bridgehead atoms. The Kier molecular flexibility index (Phi) is 31.2. The molecular weight excluding hydrogens is 1290 g/mol. The summed E-state index contributed by atoms with van der Waals surface area (Å²) in [5.74, 6) is 1.88. The Morgan fingerprint density at radius 2 is 0.922 bits per heavy atom. The van der Waals surface area contributed by atoms with Crippen molar-refractivity contribution in [2.75, 3.05) is 78.7 Å². The van der Waals surface area contributed by atoms with E-state index < -0.39 is 6.10 Å². The normalized spacial score (nSPS) is 19.2. The van der Waals surface area contributed by atoms with E-state index in [1.54, 1.807) is 12.4 Å². The summed E-state index contributed by atoms with van der Waals surface area (Å²) < 4.78 is 16.8. The van der Waals surface area contributed by atoms with Crippen LogP contribution in [0, 0.1) is 23.7 Å². The van der Waals surface area contributed by atoms with Crippen molar-refractivity contribution in [2.45, 2.75) is 160 Å². The van der Waals surface area contributed by atoms with Gasteiger partial charge < -0.3 is 45.1 Å². The molecule has 16 heteroatoms. The van der Waals surface area contributed by atoms with E-state index in [1.807, 2.05) is 82.6 Å². The summed E-state index contributed by atoms with van der Waals surface area (Å²) >= 11 is 0. The van der Waals surface area contributed by atoms with Gasteiger partial charge in [-0.1, -0.05) is 141 Å². The van der Waals surface area contributed by atoms with Crippen LogP contribution in [0.2, 0.25) is 0 Å². The van der Waals surface area contributed by atoms with Crippen LogP contribution in [-0.2, 0) is 49.6 Å². The second-order valence-electron chi connectivity index (χ2n) is 28.7. The maximum absolute atomic E-state index is 13.8. The highest BCUT2D eigenvalue weighted by atomic mass is 16.6. The van der Waals surface area contributed by atoms with Crippen LogP contribution in [0.1, 0.15) is 132 Å². The summed E-state index contributed by atoms with van der Waals surface area (Å²) in [5, 5.41) is 23.0. The van der Waals surface area contributed by atoms with Gasteiger partial charge >= 0.3 is 0 Å². The van der Waals surface area contributed by atoms with Crippen LogP contribution in [0.15, 0.2) is 194 Å². The number of β-amino-alcohol motifs (C(OH)–C–C–N with tert-alkyl or cyclic N) is 1. The Morgan fingerprint density at radius 3 is 1.37 bits per heavy atom. The highest BCUT2D eigenvalue weighted by Gasteiger charge is 2.36. The largest absolute Gasteiger partial charge is 0.490 e. The van der Waals surface area contributed by atoms with Crippen molar-refractivity contribution < 1.29 is 38.5 Å². The lowest BCUT2D eigenvalue weighted by molar-refractivity contribution is -0.142. The molecule has 5 fully saturated rings. The average molecular weight is 1400 g/mol. The van der Waals surface area contributed by atoms with E-state index in [1.165, 1.54) is 22.3 Å². The Balaban J connectivity index is 0.000000189. The molecule has 5 saturated heterocycles. The number of piperidine rings is 4. The van der Waals surface area contributed by atoms with E-state index in [-0.39, 0.29) is 79.5 Å². The average Bonchev–Trinajstić information content (AvgIpc) is 1.85. The van der Waals surface area contributed by atoms with Crippen LogP contribution < -0.4 is 25.4 Å². The number of nitrogens with one attached hydrogen (secondary N) is 3. The van der Waals surface area contributed by atoms with Gasteiger partial charge in [-0.25, -0.2) is 0 Å². The molecule has 16 nitrogen and oxygen atoms in total. The first-order chi connectivity index (χ1) is 50.1. The van der Waals surface area contributed by atoms with Crippen molar-refractivity contribution in [1.29, 1.82) is 0 Å². The number of aromatic nitrogens is 2. The lowest BCUT2D eigenvalue weighted by atomic mass is 9.92. The molecule has 103 heavy (non-hydrogen) atoms. The molecule has 5 aliphatic heterocycles. The second kappa shape index (κ2) is 41.7. The Morgan fingerprint density at radius 1 is 0.495 bits per heavy atom. The lowest BCUT2D eigenvalue weighted by Gasteiger charge is -2.38. The minimum atomic E-state index is -0.679. The fraction of sp³-hybridized carbons (Fsp3) is 0.471. The summed E-state index contributed by atoms with van der Waals surface area (Å²) in [6.45, 7) is 7.87. The topological polar surface area (TPSA) is 191 Å². The van der Waals surface area contributed by atoms with Crippen molar-refractivity contribution in [2.24, 2.45) is 23.7 Å². The first kappa shape index (κ1) is 77.1. The first-order valence-corrected chi connectivity index (χ1v) is 38.1. The Labute approximate surface area is 612 Å². The van der Waals surface area contributed by atoms with Gasteiger partial charge in [-0.3, -0.25) is 34.0 Å². The number of aryl methyl sites for hydroxylation is 4. The quantitative estimate of drug-likeness (QED) is 0.0312. The molecule has 6 aromatic carbocycles. The van der Waals surface area contributed by atoms with E-state index in [9.17, 15) is 24.3 Å². The molecular formula is C87H112N8O8. The smallest absolute Gasteiger partial charge is 0.226 e. The number of nitrogens with zero attached hydrogens (tertiary/aromatic N) is 5. The number of carbonyl (C=O) groups excluding carboxylic acids is 4. The molecule has 0 aliphatic carbocycles. The molecule has 5 aliphatic rings. The number of epoxide rings is 1. The number of amides is 4. The van der Waals surface area contributed by atoms with Crippen molar-refractivity contribution in [3.63, 3.8) is 0 Å². The third-order valence-corrected chi connectivity index (χ3v) is 20.8. The summed E-state index contributed by atoms with van der Waals surface area (Å²) in [5.41, 5.74) is 7.19. The third kappa shape index (κ3) is 25.1.